The van der Waals surface area contributed by atoms with Gasteiger partial charge in [-0.25, -0.2) is 0 Å². The van der Waals surface area contributed by atoms with E-state index in [9.17, 15) is 9.90 Å². The molecule has 17 heavy (non-hydrogen) atoms. The fourth-order valence-electron chi connectivity index (χ4n) is 1.91. The molecule has 1 atom stereocenters. The van der Waals surface area contributed by atoms with Crippen molar-refractivity contribution in [1.29, 1.82) is 0 Å². The average molecular weight is 239 g/mol. The molecule has 0 radical (unpaired) electrons. The van der Waals surface area contributed by atoms with Crippen molar-refractivity contribution in [3.05, 3.63) is 23.7 Å². The van der Waals surface area contributed by atoms with E-state index in [4.69, 9.17) is 4.42 Å². The summed E-state index contributed by atoms with van der Waals surface area (Å²) in [4.78, 5) is 11.7. The molecule has 4 heteroatoms. The van der Waals surface area contributed by atoms with E-state index in [-0.39, 0.29) is 18.4 Å². The van der Waals surface area contributed by atoms with Crippen LogP contribution in [0.4, 0.5) is 0 Å². The van der Waals surface area contributed by atoms with Crippen LogP contribution in [0.5, 0.6) is 0 Å². The van der Waals surface area contributed by atoms with Crippen LogP contribution >= 0.6 is 0 Å². The van der Waals surface area contributed by atoms with Gasteiger partial charge in [-0.1, -0.05) is 26.7 Å². The second-order valence-electron chi connectivity index (χ2n) is 4.24. The molecule has 0 saturated carbocycles. The van der Waals surface area contributed by atoms with Gasteiger partial charge >= 0.3 is 0 Å². The molecule has 0 bridgehead atoms. The van der Waals surface area contributed by atoms with Crippen molar-refractivity contribution in [2.24, 2.45) is 5.92 Å². The third kappa shape index (κ3) is 3.60. The highest BCUT2D eigenvalue weighted by Gasteiger charge is 2.17. The highest BCUT2D eigenvalue weighted by molar-refractivity contribution is 5.95. The minimum Gasteiger partial charge on any atom is -0.469 e. The van der Waals surface area contributed by atoms with Crippen LogP contribution in [0, 0.1) is 12.8 Å². The van der Waals surface area contributed by atoms with Gasteiger partial charge in [-0.05, 0) is 18.9 Å². The Balaban J connectivity index is 2.46. The molecule has 1 amide bonds. The molecule has 1 aromatic heterocycles. The van der Waals surface area contributed by atoms with Crippen molar-refractivity contribution in [1.82, 2.24) is 5.32 Å². The Morgan fingerprint density at radius 2 is 2.12 bits per heavy atom. The smallest absolute Gasteiger partial charge is 0.254 e. The number of carbonyl (C=O) groups is 1. The third-order valence-electron chi connectivity index (χ3n) is 3.17. The van der Waals surface area contributed by atoms with Crippen molar-refractivity contribution in [2.45, 2.75) is 39.7 Å². The van der Waals surface area contributed by atoms with E-state index < -0.39 is 6.10 Å². The van der Waals surface area contributed by atoms with Crippen LogP contribution in [0.15, 0.2) is 16.7 Å². The second kappa shape index (κ2) is 6.45. The fraction of sp³-hybridized carbons (Fsp3) is 0.615. The maximum absolute atomic E-state index is 11.7. The van der Waals surface area contributed by atoms with Crippen molar-refractivity contribution in [3.63, 3.8) is 0 Å². The number of carbonyl (C=O) groups excluding carboxylic acids is 1. The molecular weight excluding hydrogens is 218 g/mol. The van der Waals surface area contributed by atoms with Gasteiger partial charge in [0.1, 0.15) is 5.76 Å². The number of aliphatic hydroxyl groups excluding tert-OH is 1. The molecule has 0 saturated heterocycles. The van der Waals surface area contributed by atoms with Gasteiger partial charge in [0.05, 0.1) is 17.9 Å². The van der Waals surface area contributed by atoms with Crippen LogP contribution in [0.25, 0.3) is 0 Å². The summed E-state index contributed by atoms with van der Waals surface area (Å²) in [7, 11) is 0. The Bertz CT molecular complexity index is 355. The number of amides is 1. The van der Waals surface area contributed by atoms with Crippen LogP contribution in [-0.4, -0.2) is 23.7 Å². The Morgan fingerprint density at radius 1 is 1.47 bits per heavy atom. The zero-order chi connectivity index (χ0) is 12.8. The molecule has 4 nitrogen and oxygen atoms in total. The number of aliphatic hydroxyl groups is 1. The van der Waals surface area contributed by atoms with Crippen molar-refractivity contribution >= 4 is 5.91 Å². The van der Waals surface area contributed by atoms with Gasteiger partial charge in [-0.3, -0.25) is 4.79 Å². The van der Waals surface area contributed by atoms with Crippen molar-refractivity contribution in [2.75, 3.05) is 6.54 Å². The van der Waals surface area contributed by atoms with Gasteiger partial charge in [-0.2, -0.15) is 0 Å². The normalized spacial score (nSPS) is 12.8. The number of hydrogen-bond donors (Lipinski definition) is 2. The van der Waals surface area contributed by atoms with E-state index in [2.05, 4.69) is 5.32 Å². The summed E-state index contributed by atoms with van der Waals surface area (Å²) < 4.78 is 5.06. The number of hydrogen-bond acceptors (Lipinski definition) is 3. The van der Waals surface area contributed by atoms with E-state index in [1.165, 1.54) is 6.26 Å². The molecule has 0 spiro atoms. The van der Waals surface area contributed by atoms with Gasteiger partial charge < -0.3 is 14.8 Å². The van der Waals surface area contributed by atoms with Gasteiger partial charge in [-0.15, -0.1) is 0 Å². The predicted molar refractivity (Wildman–Crippen MR) is 65.9 cm³/mol. The maximum Gasteiger partial charge on any atom is 0.254 e. The monoisotopic (exact) mass is 239 g/mol. The van der Waals surface area contributed by atoms with Crippen LogP contribution in [0.3, 0.4) is 0 Å². The molecular formula is C13H21NO3. The summed E-state index contributed by atoms with van der Waals surface area (Å²) in [6, 6.07) is 1.63. The van der Waals surface area contributed by atoms with Gasteiger partial charge in [0.2, 0.25) is 0 Å². The first-order valence-corrected chi connectivity index (χ1v) is 6.10. The summed E-state index contributed by atoms with van der Waals surface area (Å²) in [5.41, 5.74) is 0.529. The quantitative estimate of drug-likeness (QED) is 0.799. The van der Waals surface area contributed by atoms with Gasteiger partial charge in [0.25, 0.3) is 5.91 Å². The Labute approximate surface area is 102 Å². The molecule has 0 fully saturated rings. The number of furan rings is 1. The topological polar surface area (TPSA) is 62.5 Å². The lowest BCUT2D eigenvalue weighted by Gasteiger charge is -2.20. The number of rotatable bonds is 6. The minimum atomic E-state index is -0.485. The van der Waals surface area contributed by atoms with E-state index in [1.54, 1.807) is 13.0 Å². The maximum atomic E-state index is 11.7. The zero-order valence-electron chi connectivity index (χ0n) is 10.7. The fourth-order valence-corrected chi connectivity index (χ4v) is 1.91. The third-order valence-corrected chi connectivity index (χ3v) is 3.17. The summed E-state index contributed by atoms with van der Waals surface area (Å²) >= 11 is 0. The van der Waals surface area contributed by atoms with Crippen LogP contribution in [-0.2, 0) is 0 Å². The molecule has 1 aromatic rings. The zero-order valence-corrected chi connectivity index (χ0v) is 10.7. The highest BCUT2D eigenvalue weighted by atomic mass is 16.3. The molecule has 0 aliphatic rings. The van der Waals surface area contributed by atoms with Crippen LogP contribution in [0.1, 0.15) is 42.8 Å². The van der Waals surface area contributed by atoms with E-state index in [0.717, 1.165) is 12.8 Å². The van der Waals surface area contributed by atoms with Crippen molar-refractivity contribution in [3.8, 4) is 0 Å². The lowest BCUT2D eigenvalue weighted by atomic mass is 9.96. The van der Waals surface area contributed by atoms with E-state index >= 15 is 0 Å². The van der Waals surface area contributed by atoms with Crippen LogP contribution < -0.4 is 5.32 Å². The first-order chi connectivity index (χ1) is 8.10. The molecule has 1 heterocycles. The van der Waals surface area contributed by atoms with E-state index in [1.807, 2.05) is 13.8 Å². The summed E-state index contributed by atoms with van der Waals surface area (Å²) in [6.07, 6.45) is 2.83. The van der Waals surface area contributed by atoms with Crippen molar-refractivity contribution < 1.29 is 14.3 Å². The Kier molecular flexibility index (Phi) is 5.22. The molecule has 96 valence electrons. The standard InChI is InChI=1S/C13H21NO3/c1-4-10(5-2)12(15)8-14-13(16)11-6-7-17-9(11)3/h6-7,10,12,15H,4-5,8H2,1-3H3,(H,14,16). The number of aryl methyl sites for hydroxylation is 1. The molecule has 0 aromatic carbocycles. The Hall–Kier alpha value is -1.29. The average Bonchev–Trinajstić information content (AvgIpc) is 2.74. The SMILES string of the molecule is CCC(CC)C(O)CNC(=O)c1ccoc1C. The summed E-state index contributed by atoms with van der Waals surface area (Å²) in [5, 5.41) is 12.6. The largest absolute Gasteiger partial charge is 0.469 e. The predicted octanol–water partition coefficient (Wildman–Crippen LogP) is 2.11. The molecule has 0 aliphatic carbocycles. The van der Waals surface area contributed by atoms with E-state index in [0.29, 0.717) is 11.3 Å². The molecule has 1 rings (SSSR count). The minimum absolute atomic E-state index is 0.193. The van der Waals surface area contributed by atoms with Gasteiger partial charge in [0, 0.05) is 6.54 Å². The molecule has 2 N–H and O–H groups in total. The first-order valence-electron chi connectivity index (χ1n) is 6.10. The lowest BCUT2D eigenvalue weighted by molar-refractivity contribution is 0.0815. The first kappa shape index (κ1) is 13.8. The molecule has 0 aliphatic heterocycles. The Morgan fingerprint density at radius 3 is 2.59 bits per heavy atom. The highest BCUT2D eigenvalue weighted by Crippen LogP contribution is 2.13. The lowest BCUT2D eigenvalue weighted by Crippen LogP contribution is -2.36. The van der Waals surface area contributed by atoms with Crippen LogP contribution in [0.2, 0.25) is 0 Å². The van der Waals surface area contributed by atoms with Gasteiger partial charge in [0.15, 0.2) is 0 Å². The summed E-state index contributed by atoms with van der Waals surface area (Å²) in [6.45, 7) is 6.11. The number of nitrogens with one attached hydrogen (secondary N) is 1. The second-order valence-corrected chi connectivity index (χ2v) is 4.24. The molecule has 1 unspecified atom stereocenters. The summed E-state index contributed by atoms with van der Waals surface area (Å²) in [5.74, 6) is 0.640.